The largest absolute Gasteiger partial charge is 0.487 e. The number of rotatable bonds is 7. The molecule has 0 spiro atoms. The smallest absolute Gasteiger partial charge is 0.142 e. The van der Waals surface area contributed by atoms with Crippen molar-refractivity contribution < 1.29 is 4.74 Å². The second kappa shape index (κ2) is 7.74. The van der Waals surface area contributed by atoms with Gasteiger partial charge in [-0.3, -0.25) is 9.97 Å². The topological polar surface area (TPSA) is 47.0 Å². The molecular weight excluding hydrogens is 262 g/mol. The van der Waals surface area contributed by atoms with E-state index in [0.717, 1.165) is 35.8 Å². The maximum atomic E-state index is 5.89. The summed E-state index contributed by atoms with van der Waals surface area (Å²) in [5, 5.41) is 3.41. The van der Waals surface area contributed by atoms with Crippen molar-refractivity contribution >= 4 is 0 Å². The Kier molecular flexibility index (Phi) is 5.69. The van der Waals surface area contributed by atoms with E-state index in [1.807, 2.05) is 37.4 Å². The Balaban J connectivity index is 2.00. The van der Waals surface area contributed by atoms with Gasteiger partial charge in [0.1, 0.15) is 12.4 Å². The first-order valence-electron chi connectivity index (χ1n) is 7.34. The summed E-state index contributed by atoms with van der Waals surface area (Å²) in [6.45, 7) is 8.58. The van der Waals surface area contributed by atoms with Crippen molar-refractivity contribution in [1.82, 2.24) is 15.3 Å². The minimum atomic E-state index is 0.510. The number of aryl methyl sites for hydroxylation is 1. The summed E-state index contributed by atoms with van der Waals surface area (Å²) in [5.74, 6) is 1.45. The van der Waals surface area contributed by atoms with Crippen molar-refractivity contribution in [2.24, 2.45) is 5.92 Å². The fourth-order valence-corrected chi connectivity index (χ4v) is 1.98. The third kappa shape index (κ3) is 5.16. The van der Waals surface area contributed by atoms with Gasteiger partial charge in [-0.15, -0.1) is 0 Å². The first-order chi connectivity index (χ1) is 10.1. The minimum absolute atomic E-state index is 0.510. The Morgan fingerprint density at radius 2 is 2.10 bits per heavy atom. The third-order valence-corrected chi connectivity index (χ3v) is 3.03. The van der Waals surface area contributed by atoms with Crippen LogP contribution in [0.5, 0.6) is 5.75 Å². The van der Waals surface area contributed by atoms with Crippen LogP contribution in [0.2, 0.25) is 0 Å². The molecule has 0 aromatic carbocycles. The molecule has 0 radical (unpaired) electrons. The second-order valence-electron chi connectivity index (χ2n) is 5.57. The summed E-state index contributed by atoms with van der Waals surface area (Å²) in [6, 6.07) is 7.89. The highest BCUT2D eigenvalue weighted by atomic mass is 16.5. The molecule has 0 atom stereocenters. The van der Waals surface area contributed by atoms with Crippen LogP contribution in [0.15, 0.2) is 36.7 Å². The quantitative estimate of drug-likeness (QED) is 0.849. The molecular formula is C17H23N3O. The van der Waals surface area contributed by atoms with Gasteiger partial charge in [-0.2, -0.15) is 0 Å². The molecule has 0 saturated heterocycles. The average molecular weight is 285 g/mol. The first kappa shape index (κ1) is 15.4. The van der Waals surface area contributed by atoms with Gasteiger partial charge in [0.05, 0.1) is 5.69 Å². The van der Waals surface area contributed by atoms with Crippen molar-refractivity contribution in [1.29, 1.82) is 0 Å². The zero-order chi connectivity index (χ0) is 15.1. The molecule has 2 aromatic heterocycles. The van der Waals surface area contributed by atoms with Crippen LogP contribution in [0.4, 0.5) is 0 Å². The first-order valence-corrected chi connectivity index (χ1v) is 7.34. The van der Waals surface area contributed by atoms with Gasteiger partial charge in [0.15, 0.2) is 0 Å². The van der Waals surface area contributed by atoms with Crippen LogP contribution in [0.25, 0.3) is 0 Å². The molecule has 0 fully saturated rings. The maximum absolute atomic E-state index is 5.89. The SMILES string of the molecule is Cc1ccc(OCc2cccnc2)c(CNCC(C)C)n1. The molecule has 21 heavy (non-hydrogen) atoms. The average Bonchev–Trinajstić information content (AvgIpc) is 2.47. The Morgan fingerprint density at radius 3 is 2.81 bits per heavy atom. The van der Waals surface area contributed by atoms with Crippen molar-refractivity contribution in [3.63, 3.8) is 0 Å². The second-order valence-corrected chi connectivity index (χ2v) is 5.57. The van der Waals surface area contributed by atoms with Crippen LogP contribution in [0.1, 0.15) is 30.8 Å². The Morgan fingerprint density at radius 1 is 1.24 bits per heavy atom. The van der Waals surface area contributed by atoms with Gasteiger partial charge in [0, 0.05) is 30.2 Å². The molecule has 112 valence electrons. The molecule has 1 N–H and O–H groups in total. The van der Waals surface area contributed by atoms with Gasteiger partial charge in [-0.1, -0.05) is 19.9 Å². The van der Waals surface area contributed by atoms with Crippen LogP contribution in [-0.2, 0) is 13.2 Å². The molecule has 0 aliphatic heterocycles. The summed E-state index contributed by atoms with van der Waals surface area (Å²) in [5.41, 5.74) is 3.02. The normalized spacial score (nSPS) is 10.9. The highest BCUT2D eigenvalue weighted by molar-refractivity contribution is 5.29. The van der Waals surface area contributed by atoms with Crippen LogP contribution in [0, 0.1) is 12.8 Å². The molecule has 0 unspecified atom stereocenters. The number of aromatic nitrogens is 2. The summed E-state index contributed by atoms with van der Waals surface area (Å²) in [4.78, 5) is 8.67. The zero-order valence-corrected chi connectivity index (χ0v) is 13.0. The fourth-order valence-electron chi connectivity index (χ4n) is 1.98. The Hall–Kier alpha value is -1.94. The van der Waals surface area contributed by atoms with E-state index < -0.39 is 0 Å². The summed E-state index contributed by atoms with van der Waals surface area (Å²) in [7, 11) is 0. The molecule has 2 aromatic rings. The highest BCUT2D eigenvalue weighted by Gasteiger charge is 2.07. The van der Waals surface area contributed by atoms with Gasteiger partial charge >= 0.3 is 0 Å². The van der Waals surface area contributed by atoms with Crippen molar-refractivity contribution in [2.45, 2.75) is 33.9 Å². The molecule has 4 nitrogen and oxygen atoms in total. The van der Waals surface area contributed by atoms with Crippen molar-refractivity contribution in [3.8, 4) is 5.75 Å². The third-order valence-electron chi connectivity index (χ3n) is 3.03. The lowest BCUT2D eigenvalue weighted by molar-refractivity contribution is 0.299. The molecule has 0 saturated carbocycles. The van der Waals surface area contributed by atoms with E-state index in [1.165, 1.54) is 0 Å². The van der Waals surface area contributed by atoms with Crippen molar-refractivity contribution in [2.75, 3.05) is 6.54 Å². The zero-order valence-electron chi connectivity index (χ0n) is 13.0. The van der Waals surface area contributed by atoms with E-state index in [0.29, 0.717) is 12.5 Å². The summed E-state index contributed by atoms with van der Waals surface area (Å²) >= 11 is 0. The molecule has 0 aliphatic carbocycles. The predicted molar refractivity (Wildman–Crippen MR) is 84.1 cm³/mol. The highest BCUT2D eigenvalue weighted by Crippen LogP contribution is 2.18. The summed E-state index contributed by atoms with van der Waals surface area (Å²) < 4.78 is 5.89. The Labute approximate surface area is 126 Å². The number of ether oxygens (including phenoxy) is 1. The lowest BCUT2D eigenvalue weighted by atomic mass is 10.2. The van der Waals surface area contributed by atoms with E-state index in [1.54, 1.807) is 6.20 Å². The van der Waals surface area contributed by atoms with E-state index >= 15 is 0 Å². The maximum Gasteiger partial charge on any atom is 0.142 e. The minimum Gasteiger partial charge on any atom is -0.487 e. The molecule has 4 heteroatoms. The van der Waals surface area contributed by atoms with Gasteiger partial charge < -0.3 is 10.1 Å². The van der Waals surface area contributed by atoms with Crippen molar-refractivity contribution in [3.05, 3.63) is 53.6 Å². The molecule has 0 aliphatic rings. The standard InChI is InChI=1S/C17H23N3O/c1-13(2)9-19-11-16-17(7-6-14(3)20-16)21-12-15-5-4-8-18-10-15/h4-8,10,13,19H,9,11-12H2,1-3H3. The van der Waals surface area contributed by atoms with Gasteiger partial charge in [-0.05, 0) is 37.6 Å². The van der Waals surface area contributed by atoms with Gasteiger partial charge in [-0.25, -0.2) is 0 Å². The molecule has 0 bridgehead atoms. The van der Waals surface area contributed by atoms with Crippen LogP contribution < -0.4 is 10.1 Å². The predicted octanol–water partition coefficient (Wildman–Crippen LogP) is 3.11. The monoisotopic (exact) mass is 285 g/mol. The van der Waals surface area contributed by atoms with E-state index in [2.05, 4.69) is 29.1 Å². The van der Waals surface area contributed by atoms with Crippen LogP contribution in [0.3, 0.4) is 0 Å². The van der Waals surface area contributed by atoms with E-state index in [4.69, 9.17) is 4.74 Å². The van der Waals surface area contributed by atoms with Gasteiger partial charge in [0.2, 0.25) is 0 Å². The van der Waals surface area contributed by atoms with Gasteiger partial charge in [0.25, 0.3) is 0 Å². The number of hydrogen-bond acceptors (Lipinski definition) is 4. The fraction of sp³-hybridized carbons (Fsp3) is 0.412. The van der Waals surface area contributed by atoms with Crippen LogP contribution in [-0.4, -0.2) is 16.5 Å². The summed E-state index contributed by atoms with van der Waals surface area (Å²) in [6.07, 6.45) is 3.58. The Bertz CT molecular complexity index is 555. The van der Waals surface area contributed by atoms with E-state index in [9.17, 15) is 0 Å². The molecule has 0 amide bonds. The van der Waals surface area contributed by atoms with Crippen LogP contribution >= 0.6 is 0 Å². The number of nitrogens with one attached hydrogen (secondary N) is 1. The molecule has 2 rings (SSSR count). The number of pyridine rings is 2. The lowest BCUT2D eigenvalue weighted by Gasteiger charge is -2.13. The number of nitrogens with zero attached hydrogens (tertiary/aromatic N) is 2. The molecule has 2 heterocycles. The number of hydrogen-bond donors (Lipinski definition) is 1. The lowest BCUT2D eigenvalue weighted by Crippen LogP contribution is -2.20. The van der Waals surface area contributed by atoms with E-state index in [-0.39, 0.29) is 0 Å².